The van der Waals surface area contributed by atoms with Crippen LogP contribution < -0.4 is 14.8 Å². The van der Waals surface area contributed by atoms with Crippen LogP contribution in [0, 0.1) is 10.1 Å². The molecule has 0 radical (unpaired) electrons. The Morgan fingerprint density at radius 3 is 2.67 bits per heavy atom. The minimum atomic E-state index is -0.578. The fraction of sp³-hybridized carbons (Fsp3) is 0.136. The fourth-order valence-corrected chi connectivity index (χ4v) is 3.94. The van der Waals surface area contributed by atoms with Gasteiger partial charge in [-0.2, -0.15) is 0 Å². The molecule has 11 heteroatoms. The summed E-state index contributed by atoms with van der Waals surface area (Å²) in [7, 11) is 0. The summed E-state index contributed by atoms with van der Waals surface area (Å²) < 4.78 is 15.5. The molecule has 4 rings (SSSR count). The lowest BCUT2D eigenvalue weighted by atomic mass is 10.1. The number of carbonyl (C=O) groups is 2. The number of aromatic nitrogens is 1. The molecule has 0 saturated heterocycles. The average Bonchev–Trinajstić information content (AvgIpc) is 3.44. The van der Waals surface area contributed by atoms with Crippen molar-refractivity contribution in [3.05, 3.63) is 69.1 Å². The molecule has 168 valence electrons. The molecule has 0 atom stereocenters. The Hall–Kier alpha value is -4.25. The second-order valence-corrected chi connectivity index (χ2v) is 7.63. The summed E-state index contributed by atoms with van der Waals surface area (Å²) in [6.45, 7) is 1.87. The van der Waals surface area contributed by atoms with Crippen molar-refractivity contribution in [1.82, 2.24) is 4.98 Å². The maximum absolute atomic E-state index is 12.5. The van der Waals surface area contributed by atoms with Crippen LogP contribution in [-0.2, 0) is 9.53 Å². The van der Waals surface area contributed by atoms with E-state index in [0.29, 0.717) is 17.0 Å². The summed E-state index contributed by atoms with van der Waals surface area (Å²) in [5.74, 6) is -0.496. The van der Waals surface area contributed by atoms with E-state index in [0.717, 1.165) is 17.4 Å². The van der Waals surface area contributed by atoms with Gasteiger partial charge in [0, 0.05) is 11.6 Å². The van der Waals surface area contributed by atoms with Crippen LogP contribution in [0.25, 0.3) is 17.3 Å². The molecular weight excluding hydrogens is 450 g/mol. The van der Waals surface area contributed by atoms with Crippen molar-refractivity contribution < 1.29 is 28.7 Å². The van der Waals surface area contributed by atoms with E-state index in [1.165, 1.54) is 18.2 Å². The highest BCUT2D eigenvalue weighted by molar-refractivity contribution is 7.18. The monoisotopic (exact) mass is 467 g/mol. The van der Waals surface area contributed by atoms with Gasteiger partial charge in [0.05, 0.1) is 28.9 Å². The Labute approximate surface area is 191 Å². The lowest BCUT2D eigenvalue weighted by Crippen LogP contribution is -2.07. The molecule has 0 spiro atoms. The normalized spacial score (nSPS) is 12.0. The van der Waals surface area contributed by atoms with E-state index in [2.05, 4.69) is 10.3 Å². The third-order valence-corrected chi connectivity index (χ3v) is 5.45. The molecule has 2 aromatic carbocycles. The van der Waals surface area contributed by atoms with Gasteiger partial charge in [-0.05, 0) is 19.1 Å². The Kier molecular flexibility index (Phi) is 6.31. The lowest BCUT2D eigenvalue weighted by Gasteiger charge is -2.01. The van der Waals surface area contributed by atoms with Crippen LogP contribution in [0.1, 0.15) is 22.2 Å². The molecule has 0 unspecified atom stereocenters. The Balaban J connectivity index is 1.57. The molecule has 1 aromatic heterocycles. The van der Waals surface area contributed by atoms with Crippen LogP contribution in [-0.4, -0.2) is 35.2 Å². The molecule has 2 heterocycles. The van der Waals surface area contributed by atoms with Gasteiger partial charge in [-0.1, -0.05) is 41.7 Å². The third-order valence-electron chi connectivity index (χ3n) is 4.50. The number of carbonyl (C=O) groups excluding carboxylic acids is 2. The van der Waals surface area contributed by atoms with Crippen LogP contribution in [0.3, 0.4) is 0 Å². The predicted octanol–water partition coefficient (Wildman–Crippen LogP) is 4.28. The minimum absolute atomic E-state index is 0.0310. The van der Waals surface area contributed by atoms with Crippen molar-refractivity contribution in [2.24, 2.45) is 0 Å². The first-order chi connectivity index (χ1) is 16.0. The van der Waals surface area contributed by atoms with Crippen LogP contribution in [0.15, 0.2) is 48.5 Å². The minimum Gasteiger partial charge on any atom is -0.462 e. The van der Waals surface area contributed by atoms with Crippen molar-refractivity contribution >= 4 is 40.1 Å². The first-order valence-corrected chi connectivity index (χ1v) is 10.6. The number of rotatable bonds is 7. The van der Waals surface area contributed by atoms with E-state index < -0.39 is 16.8 Å². The summed E-state index contributed by atoms with van der Waals surface area (Å²) in [5.41, 5.74) is 1.04. The van der Waals surface area contributed by atoms with Crippen molar-refractivity contribution in [2.45, 2.75) is 6.92 Å². The summed E-state index contributed by atoms with van der Waals surface area (Å²) in [6, 6.07) is 11.7. The number of amides is 1. The van der Waals surface area contributed by atoms with Gasteiger partial charge < -0.3 is 14.2 Å². The molecule has 1 N–H and O–H groups in total. The van der Waals surface area contributed by atoms with Crippen molar-refractivity contribution in [3.63, 3.8) is 0 Å². The topological polar surface area (TPSA) is 130 Å². The average molecular weight is 467 g/mol. The second-order valence-electron chi connectivity index (χ2n) is 6.63. The lowest BCUT2D eigenvalue weighted by molar-refractivity contribution is -0.385. The van der Waals surface area contributed by atoms with Gasteiger partial charge in [-0.25, -0.2) is 9.78 Å². The highest BCUT2D eigenvalue weighted by Crippen LogP contribution is 2.38. The van der Waals surface area contributed by atoms with Crippen LogP contribution in [0.4, 0.5) is 10.8 Å². The van der Waals surface area contributed by atoms with Gasteiger partial charge >= 0.3 is 5.97 Å². The zero-order valence-corrected chi connectivity index (χ0v) is 18.1. The Bertz CT molecular complexity index is 1250. The number of fused-ring (bicyclic) bond motifs is 1. The quantitative estimate of drug-likeness (QED) is 0.236. The first kappa shape index (κ1) is 22.0. The van der Waals surface area contributed by atoms with Gasteiger partial charge in [0.1, 0.15) is 4.88 Å². The summed E-state index contributed by atoms with van der Waals surface area (Å²) in [6.07, 6.45) is 2.44. The molecule has 10 nitrogen and oxygen atoms in total. The molecule has 1 aliphatic heterocycles. The number of nitrogens with zero attached hydrogens (tertiary/aromatic N) is 2. The van der Waals surface area contributed by atoms with E-state index in [9.17, 15) is 19.7 Å². The smallest absolute Gasteiger partial charge is 0.350 e. The number of nitro groups is 1. The number of anilines is 1. The van der Waals surface area contributed by atoms with Gasteiger partial charge in [-0.15, -0.1) is 0 Å². The predicted molar refractivity (Wildman–Crippen MR) is 120 cm³/mol. The largest absolute Gasteiger partial charge is 0.462 e. The van der Waals surface area contributed by atoms with E-state index in [1.54, 1.807) is 19.1 Å². The number of hydrogen-bond acceptors (Lipinski definition) is 9. The maximum Gasteiger partial charge on any atom is 0.350 e. The molecule has 3 aromatic rings. The molecule has 0 fully saturated rings. The van der Waals surface area contributed by atoms with Crippen molar-refractivity contribution in [1.29, 1.82) is 0 Å². The third kappa shape index (κ3) is 4.83. The number of hydrogen-bond donors (Lipinski definition) is 1. The maximum atomic E-state index is 12.5. The SMILES string of the molecule is CCOC(=O)c1sc(NC(=O)C=Cc2cc3c(cc2[N+](=O)[O-])OCO3)nc1-c1ccccc1. The Morgan fingerprint density at radius 1 is 1.24 bits per heavy atom. The molecule has 0 bridgehead atoms. The number of benzene rings is 2. The van der Waals surface area contributed by atoms with E-state index in [-0.39, 0.29) is 40.4 Å². The summed E-state index contributed by atoms with van der Waals surface area (Å²) in [4.78, 5) is 40.3. The summed E-state index contributed by atoms with van der Waals surface area (Å²) in [5, 5.41) is 14.1. The molecule has 33 heavy (non-hydrogen) atoms. The van der Waals surface area contributed by atoms with E-state index in [1.807, 2.05) is 18.2 Å². The highest BCUT2D eigenvalue weighted by atomic mass is 32.1. The molecule has 0 saturated carbocycles. The number of nitro benzene ring substituents is 1. The second kappa shape index (κ2) is 9.49. The molecule has 1 aliphatic rings. The van der Waals surface area contributed by atoms with Gasteiger partial charge in [0.15, 0.2) is 16.6 Å². The van der Waals surface area contributed by atoms with Gasteiger partial charge in [0.2, 0.25) is 12.7 Å². The van der Waals surface area contributed by atoms with Gasteiger partial charge in [0.25, 0.3) is 5.69 Å². The highest BCUT2D eigenvalue weighted by Gasteiger charge is 2.23. The zero-order valence-electron chi connectivity index (χ0n) is 17.3. The van der Waals surface area contributed by atoms with Crippen LogP contribution in [0.5, 0.6) is 11.5 Å². The van der Waals surface area contributed by atoms with Gasteiger partial charge in [-0.3, -0.25) is 20.2 Å². The standard InChI is InChI=1S/C22H17N3O7S/c1-2-30-21(27)20-19(13-6-4-3-5-7-13)24-22(33-20)23-18(26)9-8-14-10-16-17(32-12-31-16)11-15(14)25(28)29/h3-11H,2,12H2,1H3,(H,23,24,26). The fourth-order valence-electron chi connectivity index (χ4n) is 3.05. The number of esters is 1. The Morgan fingerprint density at radius 2 is 1.97 bits per heavy atom. The van der Waals surface area contributed by atoms with Crippen LogP contribution in [0.2, 0.25) is 0 Å². The molecule has 1 amide bonds. The molecular formula is C22H17N3O7S. The van der Waals surface area contributed by atoms with E-state index >= 15 is 0 Å². The number of ether oxygens (including phenoxy) is 3. The number of nitrogens with one attached hydrogen (secondary N) is 1. The first-order valence-electron chi connectivity index (χ1n) is 9.76. The van der Waals surface area contributed by atoms with Crippen molar-refractivity contribution in [3.8, 4) is 22.8 Å². The zero-order chi connectivity index (χ0) is 23.4. The van der Waals surface area contributed by atoms with Crippen LogP contribution >= 0.6 is 11.3 Å². The summed E-state index contributed by atoms with van der Waals surface area (Å²) >= 11 is 0.980. The van der Waals surface area contributed by atoms with E-state index in [4.69, 9.17) is 14.2 Å². The van der Waals surface area contributed by atoms with Crippen molar-refractivity contribution in [2.75, 3.05) is 18.7 Å². The molecule has 0 aliphatic carbocycles. The number of thiazole rings is 1.